The molecule has 0 atom stereocenters. The molecule has 3 aromatic carbocycles. The number of hydrogen-bond acceptors (Lipinski definition) is 1. The fourth-order valence-electron chi connectivity index (χ4n) is 3.57. The molecule has 128 valence electrons. The summed E-state index contributed by atoms with van der Waals surface area (Å²) < 4.78 is 4.54. The number of hydrogen-bond donors (Lipinski definition) is 0. The minimum Gasteiger partial charge on any atom is -0.222 e. The van der Waals surface area contributed by atoms with Crippen molar-refractivity contribution < 1.29 is 4.57 Å². The zero-order valence-electron chi connectivity index (χ0n) is 14.7. The maximum absolute atomic E-state index is 4.64. The van der Waals surface area contributed by atoms with Crippen LogP contribution in [-0.4, -0.2) is 9.55 Å². The summed E-state index contributed by atoms with van der Waals surface area (Å²) >= 11 is 0. The SMILES string of the molecule is c1ccc(-c2n(-c3ccccc3)c3ccccc3[n+]2-c2ccccn2)cc1. The molecule has 0 saturated carbocycles. The Morgan fingerprint density at radius 2 is 1.30 bits per heavy atom. The van der Waals surface area contributed by atoms with E-state index in [1.807, 2.05) is 36.5 Å². The number of nitrogens with zero attached hydrogens (tertiary/aromatic N) is 3. The van der Waals surface area contributed by atoms with Gasteiger partial charge in [0.2, 0.25) is 5.82 Å². The van der Waals surface area contributed by atoms with Crippen molar-refractivity contribution >= 4 is 11.0 Å². The van der Waals surface area contributed by atoms with Crippen molar-refractivity contribution in [3.05, 3.63) is 109 Å². The van der Waals surface area contributed by atoms with Crippen molar-refractivity contribution in [3.8, 4) is 22.9 Å². The molecule has 0 bridgehead atoms. The number of para-hydroxylation sites is 3. The van der Waals surface area contributed by atoms with Crippen LogP contribution in [0.2, 0.25) is 0 Å². The van der Waals surface area contributed by atoms with E-state index in [1.165, 1.54) is 0 Å². The maximum atomic E-state index is 4.64. The van der Waals surface area contributed by atoms with Crippen LogP contribution in [0.15, 0.2) is 109 Å². The molecule has 27 heavy (non-hydrogen) atoms. The second kappa shape index (κ2) is 6.54. The lowest BCUT2D eigenvalue weighted by molar-refractivity contribution is -0.559. The molecular weight excluding hydrogens is 330 g/mol. The van der Waals surface area contributed by atoms with Crippen LogP contribution in [-0.2, 0) is 0 Å². The summed E-state index contributed by atoms with van der Waals surface area (Å²) in [6.45, 7) is 0. The van der Waals surface area contributed by atoms with Crippen LogP contribution >= 0.6 is 0 Å². The first kappa shape index (κ1) is 15.5. The van der Waals surface area contributed by atoms with E-state index < -0.39 is 0 Å². The minimum absolute atomic E-state index is 0.905. The number of fused-ring (bicyclic) bond motifs is 1. The molecule has 3 heteroatoms. The highest BCUT2D eigenvalue weighted by Crippen LogP contribution is 2.28. The molecule has 0 aliphatic carbocycles. The van der Waals surface area contributed by atoms with Crippen molar-refractivity contribution in [2.75, 3.05) is 0 Å². The molecule has 0 aliphatic rings. The quantitative estimate of drug-likeness (QED) is 0.422. The molecule has 3 nitrogen and oxygen atoms in total. The van der Waals surface area contributed by atoms with Crippen LogP contribution in [0.3, 0.4) is 0 Å². The van der Waals surface area contributed by atoms with Crippen LogP contribution in [0.4, 0.5) is 0 Å². The fraction of sp³-hybridized carbons (Fsp3) is 0. The van der Waals surface area contributed by atoms with Crippen molar-refractivity contribution in [3.63, 3.8) is 0 Å². The van der Waals surface area contributed by atoms with Gasteiger partial charge in [-0.1, -0.05) is 54.6 Å². The van der Waals surface area contributed by atoms with E-state index in [9.17, 15) is 0 Å². The molecule has 5 rings (SSSR count). The predicted octanol–water partition coefficient (Wildman–Crippen LogP) is 4.97. The third-order valence-electron chi connectivity index (χ3n) is 4.71. The molecular formula is C24H18N3+. The molecule has 0 unspecified atom stereocenters. The average Bonchev–Trinajstić information content (AvgIpc) is 3.11. The van der Waals surface area contributed by atoms with E-state index >= 15 is 0 Å². The van der Waals surface area contributed by atoms with Gasteiger partial charge in [-0.3, -0.25) is 0 Å². The Kier molecular flexibility index (Phi) is 3.76. The van der Waals surface area contributed by atoms with Gasteiger partial charge in [0.1, 0.15) is 22.9 Å². The van der Waals surface area contributed by atoms with E-state index in [-0.39, 0.29) is 0 Å². The van der Waals surface area contributed by atoms with E-state index in [0.717, 1.165) is 33.9 Å². The summed E-state index contributed by atoms with van der Waals surface area (Å²) in [6.07, 6.45) is 1.84. The van der Waals surface area contributed by atoms with E-state index in [4.69, 9.17) is 0 Å². The number of pyridine rings is 1. The zero-order valence-corrected chi connectivity index (χ0v) is 14.7. The Morgan fingerprint density at radius 1 is 0.630 bits per heavy atom. The van der Waals surface area contributed by atoms with Gasteiger partial charge in [0.15, 0.2) is 0 Å². The molecule has 0 spiro atoms. The highest BCUT2D eigenvalue weighted by atomic mass is 15.2. The monoisotopic (exact) mass is 348 g/mol. The van der Waals surface area contributed by atoms with Crippen molar-refractivity contribution in [2.45, 2.75) is 0 Å². The summed E-state index contributed by atoms with van der Waals surface area (Å²) in [4.78, 5) is 4.64. The van der Waals surface area contributed by atoms with Gasteiger partial charge in [-0.2, -0.15) is 4.57 Å². The summed E-state index contributed by atoms with van der Waals surface area (Å²) in [5, 5.41) is 0. The maximum Gasteiger partial charge on any atom is 0.267 e. The van der Waals surface area contributed by atoms with E-state index in [2.05, 4.69) is 86.9 Å². The molecule has 0 saturated heterocycles. The van der Waals surface area contributed by atoms with Crippen molar-refractivity contribution in [1.82, 2.24) is 9.55 Å². The summed E-state index contributed by atoms with van der Waals surface area (Å²) in [6, 6.07) is 35.5. The second-order valence-corrected chi connectivity index (χ2v) is 6.37. The molecule has 0 N–H and O–H groups in total. The first-order valence-corrected chi connectivity index (χ1v) is 9.01. The summed E-state index contributed by atoms with van der Waals surface area (Å²) in [5.74, 6) is 1.99. The van der Waals surface area contributed by atoms with Crippen LogP contribution < -0.4 is 4.57 Å². The Bertz CT molecular complexity index is 1120. The number of rotatable bonds is 3. The number of aromatic nitrogens is 3. The van der Waals surface area contributed by atoms with Gasteiger partial charge in [-0.05, 0) is 42.5 Å². The molecule has 2 aromatic heterocycles. The van der Waals surface area contributed by atoms with Crippen LogP contribution in [0.25, 0.3) is 33.9 Å². The minimum atomic E-state index is 0.905. The van der Waals surface area contributed by atoms with Crippen LogP contribution in [0.5, 0.6) is 0 Å². The van der Waals surface area contributed by atoms with Gasteiger partial charge < -0.3 is 0 Å². The van der Waals surface area contributed by atoms with Gasteiger partial charge in [0.05, 0.1) is 0 Å². The van der Waals surface area contributed by atoms with Crippen molar-refractivity contribution in [1.29, 1.82) is 0 Å². The fourth-order valence-corrected chi connectivity index (χ4v) is 3.57. The number of imidazole rings is 1. The lowest BCUT2D eigenvalue weighted by atomic mass is 10.2. The van der Waals surface area contributed by atoms with Gasteiger partial charge in [-0.25, -0.2) is 4.57 Å². The Labute approximate surface area is 157 Å². The lowest BCUT2D eigenvalue weighted by Gasteiger charge is -2.07. The highest BCUT2D eigenvalue weighted by molar-refractivity contribution is 5.79. The van der Waals surface area contributed by atoms with Crippen LogP contribution in [0, 0.1) is 0 Å². The first-order chi connectivity index (χ1) is 13.4. The lowest BCUT2D eigenvalue weighted by Crippen LogP contribution is -2.34. The Balaban J connectivity index is 1.97. The normalized spacial score (nSPS) is 11.0. The van der Waals surface area contributed by atoms with Gasteiger partial charge in [-0.15, -0.1) is 4.98 Å². The van der Waals surface area contributed by atoms with E-state index in [1.54, 1.807) is 0 Å². The molecule has 0 amide bonds. The molecule has 0 aliphatic heterocycles. The average molecular weight is 348 g/mol. The topological polar surface area (TPSA) is 21.7 Å². The standard InChI is InChI=1S/C24H18N3/c1-3-11-19(12-4-1)24-26(20-13-5-2-6-14-20)21-15-7-8-16-22(21)27(24)23-17-9-10-18-25-23/h1-18H/q+1. The largest absolute Gasteiger partial charge is 0.267 e. The third-order valence-corrected chi connectivity index (χ3v) is 4.71. The molecule has 2 heterocycles. The zero-order chi connectivity index (χ0) is 18.1. The van der Waals surface area contributed by atoms with Gasteiger partial charge in [0, 0.05) is 11.6 Å². The predicted molar refractivity (Wildman–Crippen MR) is 108 cm³/mol. The smallest absolute Gasteiger partial charge is 0.222 e. The summed E-state index contributed by atoms with van der Waals surface area (Å²) in [5.41, 5.74) is 4.54. The third kappa shape index (κ3) is 2.61. The van der Waals surface area contributed by atoms with Crippen LogP contribution in [0.1, 0.15) is 0 Å². The molecule has 5 aromatic rings. The highest BCUT2D eigenvalue weighted by Gasteiger charge is 2.26. The van der Waals surface area contributed by atoms with Gasteiger partial charge in [0.25, 0.3) is 5.82 Å². The summed E-state index contributed by atoms with van der Waals surface area (Å²) in [7, 11) is 0. The van der Waals surface area contributed by atoms with E-state index in [0.29, 0.717) is 0 Å². The first-order valence-electron chi connectivity index (χ1n) is 9.01. The molecule has 0 fully saturated rings. The number of benzene rings is 3. The van der Waals surface area contributed by atoms with Gasteiger partial charge >= 0.3 is 0 Å². The molecule has 0 radical (unpaired) electrons. The Hall–Kier alpha value is -3.72. The second-order valence-electron chi connectivity index (χ2n) is 6.37. The Morgan fingerprint density at radius 3 is 2.04 bits per heavy atom. The van der Waals surface area contributed by atoms with Crippen molar-refractivity contribution in [2.24, 2.45) is 0 Å².